The number of anilines is 2. The van der Waals surface area contributed by atoms with Crippen molar-refractivity contribution in [1.82, 2.24) is 0 Å². The average molecular weight is 223 g/mol. The number of rotatable bonds is 1. The number of halogens is 1. The lowest BCUT2D eigenvalue weighted by Gasteiger charge is -2.30. The third-order valence-electron chi connectivity index (χ3n) is 3.71. The van der Waals surface area contributed by atoms with Gasteiger partial charge in [0.15, 0.2) is 0 Å². The Bertz CT molecular complexity index is 391. The van der Waals surface area contributed by atoms with Gasteiger partial charge >= 0.3 is 0 Å². The molecule has 0 aromatic heterocycles. The molecule has 2 atom stereocenters. The predicted molar refractivity (Wildman–Crippen MR) is 64.3 cm³/mol. The van der Waals surface area contributed by atoms with E-state index in [0.717, 1.165) is 28.9 Å². The second kappa shape index (κ2) is 3.31. The molecule has 1 aliphatic carbocycles. The van der Waals surface area contributed by atoms with Gasteiger partial charge in [0.2, 0.25) is 0 Å². The van der Waals surface area contributed by atoms with Crippen molar-refractivity contribution in [2.45, 2.75) is 25.3 Å². The lowest BCUT2D eigenvalue weighted by molar-refractivity contribution is 0.554. The minimum absolute atomic E-state index is 0.704. The molecule has 80 valence electrons. The first-order valence-corrected chi connectivity index (χ1v) is 5.93. The van der Waals surface area contributed by atoms with Crippen molar-refractivity contribution in [1.29, 1.82) is 0 Å². The largest absolute Gasteiger partial charge is 0.397 e. The van der Waals surface area contributed by atoms with Crippen LogP contribution in [0.2, 0.25) is 5.02 Å². The summed E-state index contributed by atoms with van der Waals surface area (Å²) >= 11 is 6.02. The second-order valence-corrected chi connectivity index (χ2v) is 5.12. The maximum Gasteiger partial charge on any atom is 0.0617 e. The van der Waals surface area contributed by atoms with Crippen LogP contribution in [0.1, 0.15) is 19.3 Å². The molecule has 1 saturated carbocycles. The number of nitrogen functional groups attached to an aromatic ring is 1. The third kappa shape index (κ3) is 1.48. The van der Waals surface area contributed by atoms with E-state index in [0.29, 0.717) is 6.04 Å². The van der Waals surface area contributed by atoms with Crippen LogP contribution in [0.15, 0.2) is 18.2 Å². The third-order valence-corrected chi connectivity index (χ3v) is 3.95. The molecule has 1 aliphatic heterocycles. The molecule has 2 nitrogen and oxygen atoms in total. The van der Waals surface area contributed by atoms with Gasteiger partial charge in [0.05, 0.1) is 11.4 Å². The lowest BCUT2D eigenvalue weighted by atomic mass is 10.1. The monoisotopic (exact) mass is 222 g/mol. The Balaban J connectivity index is 1.96. The molecule has 2 bridgehead atoms. The fourth-order valence-electron chi connectivity index (χ4n) is 2.99. The Morgan fingerprint density at radius 1 is 1.33 bits per heavy atom. The highest BCUT2D eigenvalue weighted by Crippen LogP contribution is 2.42. The van der Waals surface area contributed by atoms with Crippen molar-refractivity contribution >= 4 is 23.0 Å². The predicted octanol–water partition coefficient (Wildman–Crippen LogP) is 2.91. The topological polar surface area (TPSA) is 29.3 Å². The van der Waals surface area contributed by atoms with Crippen LogP contribution in [0.3, 0.4) is 0 Å². The number of fused-ring (bicyclic) bond motifs is 2. The zero-order chi connectivity index (χ0) is 10.4. The van der Waals surface area contributed by atoms with E-state index in [2.05, 4.69) is 4.90 Å². The number of nitrogens with two attached hydrogens (primary N) is 1. The smallest absolute Gasteiger partial charge is 0.0617 e. The standard InChI is InChI=1S/C12H15ClN2/c13-9-2-4-11(14)12(6-9)15-7-8-1-3-10(15)5-8/h2,4,6,8,10H,1,3,5,7,14H2. The minimum atomic E-state index is 0.704. The summed E-state index contributed by atoms with van der Waals surface area (Å²) in [6.07, 6.45) is 4.05. The number of piperidine rings is 1. The van der Waals surface area contributed by atoms with Crippen molar-refractivity contribution < 1.29 is 0 Å². The van der Waals surface area contributed by atoms with Gasteiger partial charge in [-0.2, -0.15) is 0 Å². The zero-order valence-corrected chi connectivity index (χ0v) is 9.37. The van der Waals surface area contributed by atoms with E-state index in [1.807, 2.05) is 18.2 Å². The van der Waals surface area contributed by atoms with Gasteiger partial charge in [-0.1, -0.05) is 11.6 Å². The highest BCUT2D eigenvalue weighted by atomic mass is 35.5. The zero-order valence-electron chi connectivity index (χ0n) is 8.62. The fraction of sp³-hybridized carbons (Fsp3) is 0.500. The minimum Gasteiger partial charge on any atom is -0.397 e. The summed E-state index contributed by atoms with van der Waals surface area (Å²) in [5.41, 5.74) is 7.99. The van der Waals surface area contributed by atoms with Crippen LogP contribution in [-0.2, 0) is 0 Å². The maximum atomic E-state index is 6.02. The first-order valence-electron chi connectivity index (χ1n) is 5.55. The first-order chi connectivity index (χ1) is 7.24. The molecular weight excluding hydrogens is 208 g/mol. The highest BCUT2D eigenvalue weighted by Gasteiger charge is 2.38. The van der Waals surface area contributed by atoms with Gasteiger partial charge < -0.3 is 10.6 Å². The summed E-state index contributed by atoms with van der Waals surface area (Å²) in [5, 5.41) is 0.780. The Hall–Kier alpha value is -0.890. The van der Waals surface area contributed by atoms with Gasteiger partial charge in [0.25, 0.3) is 0 Å². The fourth-order valence-corrected chi connectivity index (χ4v) is 3.15. The van der Waals surface area contributed by atoms with Crippen molar-refractivity contribution in [2.24, 2.45) is 5.92 Å². The highest BCUT2D eigenvalue weighted by molar-refractivity contribution is 6.31. The molecule has 3 heteroatoms. The van der Waals surface area contributed by atoms with Crippen LogP contribution >= 0.6 is 11.6 Å². The lowest BCUT2D eigenvalue weighted by Crippen LogP contribution is -2.32. The summed E-state index contributed by atoms with van der Waals surface area (Å²) in [6.45, 7) is 1.16. The molecule has 0 amide bonds. The number of hydrogen-bond acceptors (Lipinski definition) is 2. The molecule has 15 heavy (non-hydrogen) atoms. The van der Waals surface area contributed by atoms with Crippen molar-refractivity contribution in [3.8, 4) is 0 Å². The van der Waals surface area contributed by atoms with E-state index >= 15 is 0 Å². The first kappa shape index (κ1) is 9.34. The summed E-state index contributed by atoms with van der Waals surface area (Å²) in [5.74, 6) is 0.883. The Morgan fingerprint density at radius 2 is 2.20 bits per heavy atom. The van der Waals surface area contributed by atoms with Gasteiger partial charge in [-0.3, -0.25) is 0 Å². The SMILES string of the molecule is Nc1ccc(Cl)cc1N1CC2CCC1C2. The van der Waals surface area contributed by atoms with Crippen molar-refractivity contribution in [3.05, 3.63) is 23.2 Å². The molecule has 1 saturated heterocycles. The van der Waals surface area contributed by atoms with Crippen LogP contribution in [0.4, 0.5) is 11.4 Å². The molecule has 2 fully saturated rings. The summed E-state index contributed by atoms with van der Waals surface area (Å²) < 4.78 is 0. The molecule has 3 rings (SSSR count). The van der Waals surface area contributed by atoms with Gasteiger partial charge in [0.1, 0.15) is 0 Å². The van der Waals surface area contributed by atoms with Crippen LogP contribution in [0, 0.1) is 5.92 Å². The van der Waals surface area contributed by atoms with Crippen LogP contribution < -0.4 is 10.6 Å². The molecule has 2 unspecified atom stereocenters. The molecule has 2 N–H and O–H groups in total. The van der Waals surface area contributed by atoms with E-state index in [1.54, 1.807) is 0 Å². The second-order valence-electron chi connectivity index (χ2n) is 4.69. The molecule has 1 aromatic rings. The van der Waals surface area contributed by atoms with Gasteiger partial charge in [0, 0.05) is 17.6 Å². The Kier molecular flexibility index (Phi) is 2.06. The number of nitrogens with zero attached hydrogens (tertiary/aromatic N) is 1. The average Bonchev–Trinajstić information content (AvgIpc) is 2.83. The van der Waals surface area contributed by atoms with E-state index in [9.17, 15) is 0 Å². The molecular formula is C12H15ClN2. The van der Waals surface area contributed by atoms with E-state index < -0.39 is 0 Å². The van der Waals surface area contributed by atoms with Gasteiger partial charge in [-0.25, -0.2) is 0 Å². The molecule has 0 spiro atoms. The molecule has 2 aliphatic rings. The van der Waals surface area contributed by atoms with Gasteiger partial charge in [-0.05, 0) is 43.4 Å². The number of benzene rings is 1. The number of hydrogen-bond donors (Lipinski definition) is 1. The molecule has 1 heterocycles. The maximum absolute atomic E-state index is 6.02. The molecule has 0 radical (unpaired) electrons. The van der Waals surface area contributed by atoms with Crippen molar-refractivity contribution in [3.63, 3.8) is 0 Å². The normalized spacial score (nSPS) is 28.7. The van der Waals surface area contributed by atoms with E-state index in [-0.39, 0.29) is 0 Å². The Morgan fingerprint density at radius 3 is 2.87 bits per heavy atom. The van der Waals surface area contributed by atoms with Crippen molar-refractivity contribution in [2.75, 3.05) is 17.2 Å². The van der Waals surface area contributed by atoms with Gasteiger partial charge in [-0.15, -0.1) is 0 Å². The Labute approximate surface area is 95.0 Å². The quantitative estimate of drug-likeness (QED) is 0.741. The van der Waals surface area contributed by atoms with Crippen LogP contribution in [0.5, 0.6) is 0 Å². The van der Waals surface area contributed by atoms with Crippen LogP contribution in [-0.4, -0.2) is 12.6 Å². The molecule has 1 aromatic carbocycles. The summed E-state index contributed by atoms with van der Waals surface area (Å²) in [4.78, 5) is 2.44. The summed E-state index contributed by atoms with van der Waals surface area (Å²) in [6, 6.07) is 6.46. The summed E-state index contributed by atoms with van der Waals surface area (Å²) in [7, 11) is 0. The van der Waals surface area contributed by atoms with E-state index in [4.69, 9.17) is 17.3 Å². The van der Waals surface area contributed by atoms with E-state index in [1.165, 1.54) is 19.3 Å². The van der Waals surface area contributed by atoms with Crippen LogP contribution in [0.25, 0.3) is 0 Å².